The molecule has 1 aliphatic heterocycles. The van der Waals surface area contributed by atoms with Gasteiger partial charge in [-0.2, -0.15) is 13.2 Å². The number of amides is 1. The summed E-state index contributed by atoms with van der Waals surface area (Å²) in [5.74, 6) is -0.514. The first-order valence-electron chi connectivity index (χ1n) is 7.42. The third-order valence-electron chi connectivity index (χ3n) is 3.32. The number of carbonyl (C=O) groups is 1. The minimum absolute atomic E-state index is 0.0686. The molecule has 0 spiro atoms. The highest BCUT2D eigenvalue weighted by atomic mass is 19.4. The summed E-state index contributed by atoms with van der Waals surface area (Å²) in [7, 11) is 0. The molecule has 1 heterocycles. The lowest BCUT2D eigenvalue weighted by molar-refractivity contribution is -0.174. The fourth-order valence-electron chi connectivity index (χ4n) is 2.50. The Bertz CT molecular complexity index is 610. The Hall–Kier alpha value is -1.83. The van der Waals surface area contributed by atoms with Crippen molar-refractivity contribution in [3.05, 3.63) is 29.6 Å². The van der Waals surface area contributed by atoms with E-state index in [0.717, 1.165) is 0 Å². The van der Waals surface area contributed by atoms with Crippen LogP contribution >= 0.6 is 0 Å². The average Bonchev–Trinajstić information content (AvgIpc) is 2.75. The Morgan fingerprint density at radius 3 is 2.54 bits per heavy atom. The third-order valence-corrected chi connectivity index (χ3v) is 3.32. The van der Waals surface area contributed by atoms with E-state index in [0.29, 0.717) is 5.69 Å². The van der Waals surface area contributed by atoms with Gasteiger partial charge in [-0.25, -0.2) is 9.18 Å². The van der Waals surface area contributed by atoms with Crippen molar-refractivity contribution in [3.63, 3.8) is 0 Å². The third kappa shape index (κ3) is 4.59. The molecule has 0 aliphatic carbocycles. The average molecular weight is 349 g/mol. The summed E-state index contributed by atoms with van der Waals surface area (Å²) in [4.78, 5) is 13.6. The number of ether oxygens (including phenoxy) is 2. The summed E-state index contributed by atoms with van der Waals surface area (Å²) in [6.07, 6.45) is -5.14. The predicted molar refractivity (Wildman–Crippen MR) is 79.5 cm³/mol. The minimum Gasteiger partial charge on any atom is -0.443 e. The van der Waals surface area contributed by atoms with Gasteiger partial charge < -0.3 is 9.47 Å². The van der Waals surface area contributed by atoms with Crippen LogP contribution < -0.4 is 4.90 Å². The first-order valence-corrected chi connectivity index (χ1v) is 7.42. The summed E-state index contributed by atoms with van der Waals surface area (Å²) in [5.41, 5.74) is -0.223. The molecule has 2 rings (SSSR count). The molecule has 1 aromatic carbocycles. The molecule has 0 radical (unpaired) electrons. The van der Waals surface area contributed by atoms with Crippen LogP contribution in [0.1, 0.15) is 26.3 Å². The number of rotatable bonds is 3. The molecule has 1 aromatic rings. The van der Waals surface area contributed by atoms with Crippen LogP contribution in [0.5, 0.6) is 0 Å². The predicted octanol–water partition coefficient (Wildman–Crippen LogP) is 4.07. The van der Waals surface area contributed by atoms with Crippen molar-refractivity contribution in [2.45, 2.75) is 45.0 Å². The lowest BCUT2D eigenvalue weighted by Crippen LogP contribution is -2.44. The number of halogens is 4. The lowest BCUT2D eigenvalue weighted by Gasteiger charge is -2.29. The van der Waals surface area contributed by atoms with E-state index in [9.17, 15) is 22.4 Å². The SMILES string of the molecule is CC(C)(C)OC(=O)N1c2cccc(F)c2C[C@H]1COCC(F)(F)F. The van der Waals surface area contributed by atoms with E-state index in [1.54, 1.807) is 20.8 Å². The van der Waals surface area contributed by atoms with Crippen molar-refractivity contribution in [2.75, 3.05) is 18.1 Å². The number of anilines is 1. The van der Waals surface area contributed by atoms with Crippen molar-refractivity contribution in [2.24, 2.45) is 0 Å². The summed E-state index contributed by atoms with van der Waals surface area (Å²) in [6.45, 7) is 3.21. The zero-order valence-electron chi connectivity index (χ0n) is 13.6. The Labute approximate surface area is 137 Å². The zero-order valence-corrected chi connectivity index (χ0v) is 13.6. The van der Waals surface area contributed by atoms with Crippen LogP contribution in [0.3, 0.4) is 0 Å². The van der Waals surface area contributed by atoms with E-state index in [1.165, 1.54) is 23.1 Å². The first kappa shape index (κ1) is 18.5. The number of fused-ring (bicyclic) bond motifs is 1. The molecule has 0 saturated carbocycles. The second kappa shape index (κ2) is 6.58. The van der Waals surface area contributed by atoms with Gasteiger partial charge in [-0.1, -0.05) is 6.07 Å². The van der Waals surface area contributed by atoms with Crippen LogP contribution in [0, 0.1) is 5.82 Å². The van der Waals surface area contributed by atoms with E-state index >= 15 is 0 Å². The zero-order chi connectivity index (χ0) is 18.1. The number of hydrogen-bond donors (Lipinski definition) is 0. The van der Waals surface area contributed by atoms with Crippen LogP contribution in [0.4, 0.5) is 28.0 Å². The maximum absolute atomic E-state index is 14.0. The second-order valence-corrected chi connectivity index (χ2v) is 6.58. The van der Waals surface area contributed by atoms with Gasteiger partial charge in [0.2, 0.25) is 0 Å². The smallest absolute Gasteiger partial charge is 0.415 e. The van der Waals surface area contributed by atoms with E-state index in [4.69, 9.17) is 4.74 Å². The standard InChI is InChI=1S/C16H19F4NO3/c1-15(2,3)24-14(22)21-10(8-23-9-16(18,19)20)7-11-12(17)5-4-6-13(11)21/h4-6,10H,7-9H2,1-3H3/t10-/m0/s1. The Kier molecular flexibility index (Phi) is 5.08. The highest BCUT2D eigenvalue weighted by Gasteiger charge is 2.39. The van der Waals surface area contributed by atoms with Crippen molar-refractivity contribution in [1.29, 1.82) is 0 Å². The van der Waals surface area contributed by atoms with Crippen LogP contribution in [0.15, 0.2) is 18.2 Å². The second-order valence-electron chi connectivity index (χ2n) is 6.58. The maximum Gasteiger partial charge on any atom is 0.415 e. The summed E-state index contributed by atoms with van der Waals surface area (Å²) in [5, 5.41) is 0. The maximum atomic E-state index is 14.0. The molecule has 4 nitrogen and oxygen atoms in total. The largest absolute Gasteiger partial charge is 0.443 e. The molecule has 0 saturated heterocycles. The highest BCUT2D eigenvalue weighted by molar-refractivity contribution is 5.91. The molecule has 1 amide bonds. The minimum atomic E-state index is -4.46. The molecule has 1 aliphatic rings. The van der Waals surface area contributed by atoms with Crippen molar-refractivity contribution in [1.82, 2.24) is 0 Å². The number of alkyl halides is 3. The Balaban J connectivity index is 2.20. The summed E-state index contributed by atoms with van der Waals surface area (Å²) in [6, 6.07) is 3.45. The van der Waals surface area contributed by atoms with E-state index in [2.05, 4.69) is 4.74 Å². The molecule has 0 bridgehead atoms. The molecule has 24 heavy (non-hydrogen) atoms. The lowest BCUT2D eigenvalue weighted by atomic mass is 10.1. The number of benzene rings is 1. The monoisotopic (exact) mass is 349 g/mol. The van der Waals surface area contributed by atoms with Gasteiger partial charge in [-0.3, -0.25) is 4.90 Å². The molecule has 134 valence electrons. The van der Waals surface area contributed by atoms with Gasteiger partial charge in [0.25, 0.3) is 0 Å². The summed E-state index contributed by atoms with van der Waals surface area (Å²) < 4.78 is 60.6. The molecular formula is C16H19F4NO3. The Morgan fingerprint density at radius 1 is 1.29 bits per heavy atom. The number of hydrogen-bond acceptors (Lipinski definition) is 3. The fraction of sp³-hybridized carbons (Fsp3) is 0.562. The van der Waals surface area contributed by atoms with Crippen LogP contribution in [-0.2, 0) is 15.9 Å². The number of carbonyl (C=O) groups excluding carboxylic acids is 1. The highest BCUT2D eigenvalue weighted by Crippen LogP contribution is 2.35. The van der Waals surface area contributed by atoms with E-state index < -0.39 is 36.3 Å². The molecule has 8 heteroatoms. The quantitative estimate of drug-likeness (QED) is 0.772. The molecule has 0 unspecified atom stereocenters. The molecule has 0 N–H and O–H groups in total. The van der Waals surface area contributed by atoms with Gasteiger partial charge in [0, 0.05) is 12.0 Å². The van der Waals surface area contributed by atoms with Gasteiger partial charge in [-0.05, 0) is 32.9 Å². The van der Waals surface area contributed by atoms with Gasteiger partial charge in [0.05, 0.1) is 18.3 Å². The van der Waals surface area contributed by atoms with Crippen LogP contribution in [0.2, 0.25) is 0 Å². The van der Waals surface area contributed by atoms with Gasteiger partial charge in [-0.15, -0.1) is 0 Å². The van der Waals surface area contributed by atoms with E-state index in [1.807, 2.05) is 0 Å². The molecule has 0 fully saturated rings. The Morgan fingerprint density at radius 2 is 1.96 bits per heavy atom. The van der Waals surface area contributed by atoms with Crippen molar-refractivity contribution < 1.29 is 31.8 Å². The molecule has 0 aromatic heterocycles. The van der Waals surface area contributed by atoms with Crippen LogP contribution in [0.25, 0.3) is 0 Å². The van der Waals surface area contributed by atoms with Gasteiger partial charge in [0.1, 0.15) is 18.0 Å². The van der Waals surface area contributed by atoms with Crippen LogP contribution in [-0.4, -0.2) is 37.1 Å². The van der Waals surface area contributed by atoms with E-state index in [-0.39, 0.29) is 18.6 Å². The topological polar surface area (TPSA) is 38.8 Å². The first-order chi connectivity index (χ1) is 11.0. The number of nitrogens with zero attached hydrogens (tertiary/aromatic N) is 1. The molecular weight excluding hydrogens is 330 g/mol. The van der Waals surface area contributed by atoms with Crippen molar-refractivity contribution >= 4 is 11.8 Å². The normalized spacial score (nSPS) is 17.8. The van der Waals surface area contributed by atoms with Gasteiger partial charge >= 0.3 is 12.3 Å². The van der Waals surface area contributed by atoms with Gasteiger partial charge in [0.15, 0.2) is 0 Å². The van der Waals surface area contributed by atoms with Crippen molar-refractivity contribution in [3.8, 4) is 0 Å². The fourth-order valence-corrected chi connectivity index (χ4v) is 2.50. The molecule has 1 atom stereocenters. The summed E-state index contributed by atoms with van der Waals surface area (Å²) >= 11 is 0.